The van der Waals surface area contributed by atoms with Crippen LogP contribution in [0.1, 0.15) is 31.9 Å². The van der Waals surface area contributed by atoms with E-state index in [0.29, 0.717) is 6.42 Å². The number of carbonyl (C=O) groups is 1. The first-order valence-corrected chi connectivity index (χ1v) is 5.22. The summed E-state index contributed by atoms with van der Waals surface area (Å²) in [5, 5.41) is 1.78. The molecule has 1 aromatic carbocycles. The van der Waals surface area contributed by atoms with Gasteiger partial charge in [0.1, 0.15) is 0 Å². The van der Waals surface area contributed by atoms with Crippen molar-refractivity contribution in [3.8, 4) is 0 Å². The molecule has 0 aromatic heterocycles. The molecule has 0 spiro atoms. The van der Waals surface area contributed by atoms with Crippen LogP contribution in [-0.2, 0) is 9.63 Å². The Kier molecular flexibility index (Phi) is 2.73. The molecule has 0 N–H and O–H groups in total. The molecule has 0 radical (unpaired) electrons. The summed E-state index contributed by atoms with van der Waals surface area (Å²) in [7, 11) is 0. The number of hydrogen-bond donors (Lipinski definition) is 0. The maximum atomic E-state index is 11.1. The van der Waals surface area contributed by atoms with Crippen LogP contribution in [0.25, 0.3) is 0 Å². The average molecular weight is 205 g/mol. The smallest absolute Gasteiger partial charge is 0.326 e. The third kappa shape index (κ3) is 2.02. The third-order valence-electron chi connectivity index (χ3n) is 2.77. The molecule has 0 unspecified atom stereocenters. The van der Waals surface area contributed by atoms with Gasteiger partial charge >= 0.3 is 5.97 Å². The lowest BCUT2D eigenvalue weighted by Gasteiger charge is -2.25. The molecule has 2 atom stereocenters. The Labute approximate surface area is 89.6 Å². The van der Waals surface area contributed by atoms with Crippen molar-refractivity contribution in [2.75, 3.05) is 0 Å². The largest absolute Gasteiger partial charge is 0.367 e. The normalized spacial score (nSPS) is 23.9. The fourth-order valence-corrected chi connectivity index (χ4v) is 1.92. The Hall–Kier alpha value is -1.35. The van der Waals surface area contributed by atoms with Crippen molar-refractivity contribution in [2.24, 2.45) is 0 Å². The minimum Gasteiger partial charge on any atom is -0.367 e. The molecule has 0 bridgehead atoms. The van der Waals surface area contributed by atoms with Crippen molar-refractivity contribution in [2.45, 2.75) is 32.4 Å². The second-order valence-electron chi connectivity index (χ2n) is 3.96. The first-order valence-electron chi connectivity index (χ1n) is 5.22. The van der Waals surface area contributed by atoms with Crippen LogP contribution in [0.2, 0.25) is 0 Å². The molecule has 3 heteroatoms. The van der Waals surface area contributed by atoms with E-state index in [1.165, 1.54) is 5.56 Å². The lowest BCUT2D eigenvalue weighted by atomic mass is 10.1. The average Bonchev–Trinajstić information content (AvgIpc) is 2.58. The van der Waals surface area contributed by atoms with Gasteiger partial charge in [-0.3, -0.25) is 4.79 Å². The Morgan fingerprint density at radius 1 is 1.40 bits per heavy atom. The molecule has 0 aliphatic carbocycles. The number of benzene rings is 1. The van der Waals surface area contributed by atoms with Gasteiger partial charge in [-0.15, -0.1) is 5.06 Å². The SMILES string of the molecule is C[C@H]1CC(=O)ON1[C@@H](C)c1ccccc1. The standard InChI is InChI=1S/C12H15NO2/c1-9-8-12(14)15-13(9)10(2)11-6-4-3-5-7-11/h3-7,9-10H,8H2,1-2H3/t9-,10-/m0/s1. The molecular formula is C12H15NO2. The first-order chi connectivity index (χ1) is 7.18. The molecule has 1 aromatic rings. The van der Waals surface area contributed by atoms with Crippen LogP contribution in [0.4, 0.5) is 0 Å². The lowest BCUT2D eigenvalue weighted by Crippen LogP contribution is -2.28. The Bertz CT molecular complexity index is 350. The number of hydrogen-bond acceptors (Lipinski definition) is 3. The molecule has 1 heterocycles. The fraction of sp³-hybridized carbons (Fsp3) is 0.417. The zero-order valence-electron chi connectivity index (χ0n) is 9.01. The number of carbonyl (C=O) groups excluding carboxylic acids is 1. The summed E-state index contributed by atoms with van der Waals surface area (Å²) < 4.78 is 0. The molecule has 3 nitrogen and oxygen atoms in total. The van der Waals surface area contributed by atoms with Gasteiger partial charge in [-0.25, -0.2) is 0 Å². The summed E-state index contributed by atoms with van der Waals surface area (Å²) in [4.78, 5) is 16.3. The van der Waals surface area contributed by atoms with Gasteiger partial charge in [0.05, 0.1) is 18.5 Å². The number of nitrogens with zero attached hydrogens (tertiary/aromatic N) is 1. The van der Waals surface area contributed by atoms with E-state index in [0.717, 1.165) is 0 Å². The summed E-state index contributed by atoms with van der Waals surface area (Å²) in [6.45, 7) is 4.05. The summed E-state index contributed by atoms with van der Waals surface area (Å²) in [6, 6.07) is 10.3. The van der Waals surface area contributed by atoms with E-state index in [9.17, 15) is 4.79 Å². The van der Waals surface area contributed by atoms with Gasteiger partial charge in [-0.05, 0) is 19.4 Å². The molecular weight excluding hydrogens is 190 g/mol. The van der Waals surface area contributed by atoms with Crippen molar-refractivity contribution in [3.05, 3.63) is 35.9 Å². The van der Waals surface area contributed by atoms with E-state index < -0.39 is 0 Å². The summed E-state index contributed by atoms with van der Waals surface area (Å²) in [5.74, 6) is -0.134. The predicted molar refractivity (Wildman–Crippen MR) is 56.9 cm³/mol. The van der Waals surface area contributed by atoms with Gasteiger partial charge < -0.3 is 4.84 Å². The van der Waals surface area contributed by atoms with Crippen LogP contribution in [0.15, 0.2) is 30.3 Å². The molecule has 1 aliphatic heterocycles. The van der Waals surface area contributed by atoms with Gasteiger partial charge in [0.2, 0.25) is 0 Å². The van der Waals surface area contributed by atoms with Crippen molar-refractivity contribution >= 4 is 5.97 Å². The Morgan fingerprint density at radius 2 is 2.07 bits per heavy atom. The highest BCUT2D eigenvalue weighted by molar-refractivity contribution is 5.71. The molecule has 2 rings (SSSR count). The van der Waals surface area contributed by atoms with E-state index in [-0.39, 0.29) is 18.1 Å². The van der Waals surface area contributed by atoms with E-state index in [4.69, 9.17) is 4.84 Å². The van der Waals surface area contributed by atoms with Crippen LogP contribution in [0.3, 0.4) is 0 Å². The highest BCUT2D eigenvalue weighted by Crippen LogP contribution is 2.28. The minimum atomic E-state index is -0.134. The van der Waals surface area contributed by atoms with Crippen molar-refractivity contribution in [1.29, 1.82) is 0 Å². The monoisotopic (exact) mass is 205 g/mol. The van der Waals surface area contributed by atoms with Crippen molar-refractivity contribution in [3.63, 3.8) is 0 Å². The summed E-state index contributed by atoms with van der Waals surface area (Å²) in [6.07, 6.45) is 0.483. The quantitative estimate of drug-likeness (QED) is 0.742. The molecule has 80 valence electrons. The maximum Gasteiger partial charge on any atom is 0.326 e. The highest BCUT2D eigenvalue weighted by Gasteiger charge is 2.33. The minimum absolute atomic E-state index is 0.118. The molecule has 1 saturated heterocycles. The molecule has 1 aliphatic rings. The van der Waals surface area contributed by atoms with E-state index in [1.807, 2.05) is 44.2 Å². The maximum absolute atomic E-state index is 11.1. The van der Waals surface area contributed by atoms with Crippen LogP contribution in [0, 0.1) is 0 Å². The van der Waals surface area contributed by atoms with Crippen molar-refractivity contribution < 1.29 is 9.63 Å². The molecule has 15 heavy (non-hydrogen) atoms. The Morgan fingerprint density at radius 3 is 2.60 bits per heavy atom. The Balaban J connectivity index is 2.15. The number of hydroxylamine groups is 2. The third-order valence-corrected chi connectivity index (χ3v) is 2.77. The summed E-state index contributed by atoms with van der Waals surface area (Å²) in [5.41, 5.74) is 1.17. The van der Waals surface area contributed by atoms with Gasteiger partial charge in [-0.2, -0.15) is 0 Å². The topological polar surface area (TPSA) is 29.5 Å². The zero-order valence-corrected chi connectivity index (χ0v) is 9.01. The van der Waals surface area contributed by atoms with Gasteiger partial charge in [0, 0.05) is 0 Å². The summed E-state index contributed by atoms with van der Waals surface area (Å²) >= 11 is 0. The van der Waals surface area contributed by atoms with E-state index in [1.54, 1.807) is 5.06 Å². The second kappa shape index (κ2) is 4.03. The van der Waals surface area contributed by atoms with E-state index in [2.05, 4.69) is 0 Å². The second-order valence-corrected chi connectivity index (χ2v) is 3.96. The van der Waals surface area contributed by atoms with Crippen LogP contribution in [0.5, 0.6) is 0 Å². The molecule has 0 amide bonds. The van der Waals surface area contributed by atoms with Gasteiger partial charge in [0.15, 0.2) is 0 Å². The fourth-order valence-electron chi connectivity index (χ4n) is 1.92. The van der Waals surface area contributed by atoms with Gasteiger partial charge in [-0.1, -0.05) is 30.3 Å². The van der Waals surface area contributed by atoms with Crippen molar-refractivity contribution in [1.82, 2.24) is 5.06 Å². The lowest BCUT2D eigenvalue weighted by molar-refractivity contribution is -0.184. The highest BCUT2D eigenvalue weighted by atomic mass is 16.7. The zero-order chi connectivity index (χ0) is 10.8. The van der Waals surface area contributed by atoms with E-state index >= 15 is 0 Å². The van der Waals surface area contributed by atoms with Crippen LogP contribution in [-0.4, -0.2) is 17.1 Å². The molecule has 0 saturated carbocycles. The van der Waals surface area contributed by atoms with Gasteiger partial charge in [0.25, 0.3) is 0 Å². The molecule has 1 fully saturated rings. The van der Waals surface area contributed by atoms with Crippen LogP contribution < -0.4 is 0 Å². The van der Waals surface area contributed by atoms with Crippen LogP contribution >= 0.6 is 0 Å². The predicted octanol–water partition coefficient (Wildman–Crippen LogP) is 2.30. The number of rotatable bonds is 2. The first kappa shape index (κ1) is 10.2.